The molecule has 0 aromatic heterocycles. The van der Waals surface area contributed by atoms with Crippen LogP contribution in [0.5, 0.6) is 0 Å². The van der Waals surface area contributed by atoms with Crippen LogP contribution in [0.15, 0.2) is 36.6 Å². The monoisotopic (exact) mass is 165 g/mol. The molecule has 68 valence electrons. The van der Waals surface area contributed by atoms with Crippen molar-refractivity contribution >= 4 is 0 Å². The molecule has 0 spiro atoms. The summed E-state index contributed by atoms with van der Waals surface area (Å²) < 4.78 is 0. The molecule has 0 saturated carbocycles. The normalized spacial score (nSPS) is 14.0. The topological polar surface area (TPSA) is 26.0 Å². The maximum Gasteiger partial charge on any atom is 0.0340 e. The Bertz CT molecular complexity index is 189. The summed E-state index contributed by atoms with van der Waals surface area (Å²) >= 11 is 0. The van der Waals surface area contributed by atoms with Crippen LogP contribution in [0, 0.1) is 5.92 Å². The molecule has 0 amide bonds. The van der Waals surface area contributed by atoms with Crippen LogP contribution in [0.25, 0.3) is 0 Å². The SMILES string of the molecule is C=CC(=C)/C(N)=C/CC(C)CC. The second kappa shape index (κ2) is 5.64. The quantitative estimate of drug-likeness (QED) is 0.623. The van der Waals surface area contributed by atoms with Gasteiger partial charge < -0.3 is 5.73 Å². The van der Waals surface area contributed by atoms with Gasteiger partial charge in [-0.15, -0.1) is 0 Å². The number of hydrogen-bond donors (Lipinski definition) is 1. The van der Waals surface area contributed by atoms with E-state index in [1.54, 1.807) is 6.08 Å². The van der Waals surface area contributed by atoms with E-state index in [-0.39, 0.29) is 0 Å². The predicted octanol–water partition coefficient (Wildman–Crippen LogP) is 3.01. The first-order valence-electron chi connectivity index (χ1n) is 4.39. The fourth-order valence-corrected chi connectivity index (χ4v) is 0.744. The Morgan fingerprint density at radius 1 is 1.58 bits per heavy atom. The van der Waals surface area contributed by atoms with Crippen LogP contribution < -0.4 is 5.73 Å². The third kappa shape index (κ3) is 4.02. The highest BCUT2D eigenvalue weighted by molar-refractivity contribution is 5.33. The largest absolute Gasteiger partial charge is 0.399 e. The highest BCUT2D eigenvalue weighted by Gasteiger charge is 1.97. The molecule has 0 aromatic carbocycles. The molecule has 1 heteroatoms. The van der Waals surface area contributed by atoms with Gasteiger partial charge in [-0.2, -0.15) is 0 Å². The van der Waals surface area contributed by atoms with Gasteiger partial charge in [-0.1, -0.05) is 45.6 Å². The number of nitrogens with two attached hydrogens (primary N) is 1. The van der Waals surface area contributed by atoms with E-state index < -0.39 is 0 Å². The predicted molar refractivity (Wildman–Crippen MR) is 55.7 cm³/mol. The minimum Gasteiger partial charge on any atom is -0.399 e. The maximum absolute atomic E-state index is 5.72. The lowest BCUT2D eigenvalue weighted by atomic mass is 10.0. The van der Waals surface area contributed by atoms with Crippen molar-refractivity contribution < 1.29 is 0 Å². The van der Waals surface area contributed by atoms with Gasteiger partial charge in [0, 0.05) is 5.70 Å². The van der Waals surface area contributed by atoms with E-state index in [2.05, 4.69) is 27.0 Å². The van der Waals surface area contributed by atoms with Crippen molar-refractivity contribution in [3.8, 4) is 0 Å². The molecule has 0 saturated heterocycles. The van der Waals surface area contributed by atoms with Gasteiger partial charge in [0.1, 0.15) is 0 Å². The first kappa shape index (κ1) is 11.0. The summed E-state index contributed by atoms with van der Waals surface area (Å²) in [5.41, 5.74) is 7.29. The molecule has 0 radical (unpaired) electrons. The van der Waals surface area contributed by atoms with Gasteiger partial charge in [0.25, 0.3) is 0 Å². The number of allylic oxidation sites excluding steroid dienone is 2. The van der Waals surface area contributed by atoms with Crippen LogP contribution in [0.1, 0.15) is 26.7 Å². The zero-order valence-corrected chi connectivity index (χ0v) is 8.14. The van der Waals surface area contributed by atoms with Gasteiger partial charge in [-0.25, -0.2) is 0 Å². The number of rotatable bonds is 5. The van der Waals surface area contributed by atoms with Gasteiger partial charge in [-0.3, -0.25) is 0 Å². The summed E-state index contributed by atoms with van der Waals surface area (Å²) in [6.07, 6.45) is 5.92. The van der Waals surface area contributed by atoms with E-state index in [0.29, 0.717) is 5.92 Å². The van der Waals surface area contributed by atoms with Crippen LogP contribution in [-0.2, 0) is 0 Å². The molecule has 12 heavy (non-hydrogen) atoms. The average molecular weight is 165 g/mol. The molecule has 0 heterocycles. The Balaban J connectivity index is 4.00. The van der Waals surface area contributed by atoms with E-state index >= 15 is 0 Å². The second-order valence-electron chi connectivity index (χ2n) is 3.14. The fraction of sp³-hybridized carbons (Fsp3) is 0.455. The Morgan fingerprint density at radius 2 is 2.17 bits per heavy atom. The molecule has 0 rings (SSSR count). The summed E-state index contributed by atoms with van der Waals surface area (Å²) in [5, 5.41) is 0. The molecule has 0 fully saturated rings. The standard InChI is InChI=1S/C11H19N/c1-5-9(3)7-8-11(12)10(4)6-2/h6,8-9H,2,4-5,7,12H2,1,3H3/b11-8-. The van der Waals surface area contributed by atoms with Gasteiger partial charge in [-0.05, 0) is 17.9 Å². The third-order valence-electron chi connectivity index (χ3n) is 2.05. The van der Waals surface area contributed by atoms with Crippen molar-refractivity contribution in [2.75, 3.05) is 0 Å². The average Bonchev–Trinajstić information content (AvgIpc) is 2.11. The summed E-state index contributed by atoms with van der Waals surface area (Å²) in [4.78, 5) is 0. The minimum atomic E-state index is 0.696. The Morgan fingerprint density at radius 3 is 2.58 bits per heavy atom. The van der Waals surface area contributed by atoms with Crippen LogP contribution in [0.2, 0.25) is 0 Å². The second-order valence-corrected chi connectivity index (χ2v) is 3.14. The van der Waals surface area contributed by atoms with Gasteiger partial charge in [0.15, 0.2) is 0 Å². The van der Waals surface area contributed by atoms with Crippen molar-refractivity contribution in [1.29, 1.82) is 0 Å². The van der Waals surface area contributed by atoms with Crippen molar-refractivity contribution in [1.82, 2.24) is 0 Å². The first-order valence-corrected chi connectivity index (χ1v) is 4.39. The van der Waals surface area contributed by atoms with Crippen molar-refractivity contribution in [2.45, 2.75) is 26.7 Å². The summed E-state index contributed by atoms with van der Waals surface area (Å²) in [6, 6.07) is 0. The third-order valence-corrected chi connectivity index (χ3v) is 2.05. The lowest BCUT2D eigenvalue weighted by molar-refractivity contribution is 0.570. The van der Waals surface area contributed by atoms with Crippen LogP contribution >= 0.6 is 0 Å². The molecule has 0 aliphatic rings. The molecule has 0 bridgehead atoms. The Kier molecular flexibility index (Phi) is 5.18. The molecule has 0 aliphatic carbocycles. The molecule has 1 nitrogen and oxygen atoms in total. The zero-order chi connectivity index (χ0) is 9.56. The lowest BCUT2D eigenvalue weighted by Gasteiger charge is -2.05. The van der Waals surface area contributed by atoms with Gasteiger partial charge in [0.05, 0.1) is 0 Å². The van der Waals surface area contributed by atoms with Crippen LogP contribution in [-0.4, -0.2) is 0 Å². The van der Waals surface area contributed by atoms with E-state index in [4.69, 9.17) is 5.73 Å². The van der Waals surface area contributed by atoms with Gasteiger partial charge in [0.2, 0.25) is 0 Å². The zero-order valence-electron chi connectivity index (χ0n) is 8.14. The van der Waals surface area contributed by atoms with Crippen molar-refractivity contribution in [3.63, 3.8) is 0 Å². The Labute approximate surface area is 75.7 Å². The van der Waals surface area contributed by atoms with E-state index in [1.165, 1.54) is 6.42 Å². The Hall–Kier alpha value is -0.980. The molecule has 1 atom stereocenters. The molecule has 0 aliphatic heterocycles. The number of hydrogen-bond acceptors (Lipinski definition) is 1. The van der Waals surface area contributed by atoms with Crippen molar-refractivity contribution in [3.05, 3.63) is 36.6 Å². The van der Waals surface area contributed by atoms with Crippen LogP contribution in [0.3, 0.4) is 0 Å². The minimum absolute atomic E-state index is 0.696. The van der Waals surface area contributed by atoms with Crippen molar-refractivity contribution in [2.24, 2.45) is 11.7 Å². The molecular formula is C11H19N. The van der Waals surface area contributed by atoms with Crippen LogP contribution in [0.4, 0.5) is 0 Å². The summed E-state index contributed by atoms with van der Waals surface area (Å²) in [7, 11) is 0. The molecule has 0 aromatic rings. The lowest BCUT2D eigenvalue weighted by Crippen LogP contribution is -2.00. The molecular weight excluding hydrogens is 146 g/mol. The molecule has 1 unspecified atom stereocenters. The van der Waals surface area contributed by atoms with E-state index in [1.807, 2.05) is 6.08 Å². The summed E-state index contributed by atoms with van der Waals surface area (Å²) in [6.45, 7) is 11.8. The molecule has 2 N–H and O–H groups in total. The maximum atomic E-state index is 5.72. The fourth-order valence-electron chi connectivity index (χ4n) is 0.744. The highest BCUT2D eigenvalue weighted by Crippen LogP contribution is 2.10. The first-order chi connectivity index (χ1) is 5.61. The summed E-state index contributed by atoms with van der Waals surface area (Å²) in [5.74, 6) is 0.696. The highest BCUT2D eigenvalue weighted by atomic mass is 14.6. The van der Waals surface area contributed by atoms with Gasteiger partial charge >= 0.3 is 0 Å². The van der Waals surface area contributed by atoms with E-state index in [0.717, 1.165) is 17.7 Å². The smallest absolute Gasteiger partial charge is 0.0340 e. The van der Waals surface area contributed by atoms with E-state index in [9.17, 15) is 0 Å².